The first-order valence-electron chi connectivity index (χ1n) is 6.93. The average Bonchev–Trinajstić information content (AvgIpc) is 3.02. The van der Waals surface area contributed by atoms with Crippen LogP contribution in [-0.4, -0.2) is 28.9 Å². The first-order chi connectivity index (χ1) is 8.42. The van der Waals surface area contributed by atoms with Crippen molar-refractivity contribution in [2.75, 3.05) is 18.4 Å². The van der Waals surface area contributed by atoms with E-state index in [2.05, 4.69) is 26.6 Å². The van der Waals surface area contributed by atoms with Crippen LogP contribution in [-0.2, 0) is 0 Å². The molecule has 0 unspecified atom stereocenters. The molecule has 0 radical (unpaired) electrons. The highest BCUT2D eigenvalue weighted by Crippen LogP contribution is 2.24. The van der Waals surface area contributed by atoms with Gasteiger partial charge in [0.1, 0.15) is 0 Å². The Morgan fingerprint density at radius 1 is 1.18 bits per heavy atom. The fraction of sp³-hybridized carbons (Fsp3) is 0.769. The van der Waals surface area contributed by atoms with Gasteiger partial charge in [0.15, 0.2) is 0 Å². The number of nitrogens with one attached hydrogen (secondary N) is 2. The van der Waals surface area contributed by atoms with Crippen LogP contribution >= 0.6 is 0 Å². The molecule has 1 aromatic heterocycles. The molecule has 0 bridgehead atoms. The van der Waals surface area contributed by atoms with Crippen molar-refractivity contribution in [2.45, 2.75) is 50.6 Å². The van der Waals surface area contributed by atoms with E-state index in [1.165, 1.54) is 44.2 Å². The zero-order valence-electron chi connectivity index (χ0n) is 10.4. The van der Waals surface area contributed by atoms with Crippen LogP contribution in [0.5, 0.6) is 0 Å². The Morgan fingerprint density at radius 2 is 1.94 bits per heavy atom. The maximum Gasteiger partial charge on any atom is 0.0728 e. The van der Waals surface area contributed by atoms with Crippen LogP contribution in [0.4, 0.5) is 5.69 Å². The molecule has 4 nitrogen and oxygen atoms in total. The zero-order valence-corrected chi connectivity index (χ0v) is 10.4. The molecule has 0 spiro atoms. The van der Waals surface area contributed by atoms with E-state index in [1.807, 2.05) is 6.20 Å². The van der Waals surface area contributed by atoms with Gasteiger partial charge in [-0.1, -0.05) is 12.8 Å². The Morgan fingerprint density at radius 3 is 2.71 bits per heavy atom. The molecule has 0 amide bonds. The molecule has 1 saturated carbocycles. The van der Waals surface area contributed by atoms with E-state index in [-0.39, 0.29) is 0 Å². The first kappa shape index (κ1) is 11.1. The third kappa shape index (κ3) is 2.63. The Hall–Kier alpha value is -1.03. The lowest BCUT2D eigenvalue weighted by molar-refractivity contribution is 0.343. The van der Waals surface area contributed by atoms with Gasteiger partial charge in [-0.15, -0.1) is 0 Å². The molecule has 2 heterocycles. The van der Waals surface area contributed by atoms with Crippen molar-refractivity contribution < 1.29 is 0 Å². The summed E-state index contributed by atoms with van der Waals surface area (Å²) in [6.07, 6.45) is 12.0. The van der Waals surface area contributed by atoms with E-state index in [0.717, 1.165) is 13.1 Å². The van der Waals surface area contributed by atoms with Crippen LogP contribution < -0.4 is 10.6 Å². The maximum absolute atomic E-state index is 4.51. The minimum atomic E-state index is 0.593. The maximum atomic E-state index is 4.51. The summed E-state index contributed by atoms with van der Waals surface area (Å²) in [5.41, 5.74) is 1.20. The molecule has 2 fully saturated rings. The molecule has 0 atom stereocenters. The first-order valence-corrected chi connectivity index (χ1v) is 6.93. The fourth-order valence-corrected chi connectivity index (χ4v) is 2.99. The van der Waals surface area contributed by atoms with Crippen molar-refractivity contribution in [3.05, 3.63) is 12.4 Å². The van der Waals surface area contributed by atoms with Crippen LogP contribution in [0.1, 0.15) is 44.6 Å². The number of hydrogen-bond donors (Lipinski definition) is 2. The van der Waals surface area contributed by atoms with Crippen molar-refractivity contribution in [1.29, 1.82) is 0 Å². The third-order valence-corrected chi connectivity index (χ3v) is 4.01. The van der Waals surface area contributed by atoms with Gasteiger partial charge in [0, 0.05) is 12.2 Å². The van der Waals surface area contributed by atoms with E-state index in [9.17, 15) is 0 Å². The predicted molar refractivity (Wildman–Crippen MR) is 69.2 cm³/mol. The third-order valence-electron chi connectivity index (χ3n) is 4.01. The van der Waals surface area contributed by atoms with Gasteiger partial charge in [-0.3, -0.25) is 4.68 Å². The minimum absolute atomic E-state index is 0.593. The van der Waals surface area contributed by atoms with E-state index in [1.54, 1.807) is 0 Å². The van der Waals surface area contributed by atoms with Gasteiger partial charge in [0.25, 0.3) is 0 Å². The topological polar surface area (TPSA) is 41.9 Å². The molecule has 4 heteroatoms. The van der Waals surface area contributed by atoms with Gasteiger partial charge in [-0.25, -0.2) is 0 Å². The average molecular weight is 234 g/mol. The summed E-state index contributed by atoms with van der Waals surface area (Å²) in [4.78, 5) is 0. The Labute approximate surface area is 103 Å². The van der Waals surface area contributed by atoms with Crippen molar-refractivity contribution in [2.24, 2.45) is 0 Å². The Balaban J connectivity index is 1.60. The molecular formula is C13H22N4. The summed E-state index contributed by atoms with van der Waals surface area (Å²) < 4.78 is 2.15. The van der Waals surface area contributed by atoms with Crippen LogP contribution in [0.3, 0.4) is 0 Å². The van der Waals surface area contributed by atoms with Crippen molar-refractivity contribution >= 4 is 5.69 Å². The Bertz CT molecular complexity index is 348. The number of aromatic nitrogens is 2. The standard InChI is InChI=1S/C13H22N4/c1-2-4-11(3-1)16-12-9-15-17(10-12)13-5-7-14-8-6-13/h9-11,13-14,16H,1-8H2. The number of nitrogens with zero attached hydrogens (tertiary/aromatic N) is 2. The second kappa shape index (κ2) is 5.08. The van der Waals surface area contributed by atoms with Gasteiger partial charge in [0.2, 0.25) is 0 Å². The van der Waals surface area contributed by atoms with E-state index >= 15 is 0 Å². The van der Waals surface area contributed by atoms with E-state index in [4.69, 9.17) is 0 Å². The van der Waals surface area contributed by atoms with E-state index < -0.39 is 0 Å². The molecule has 1 saturated heterocycles. The number of hydrogen-bond acceptors (Lipinski definition) is 3. The lowest BCUT2D eigenvalue weighted by Crippen LogP contribution is -2.29. The molecule has 2 N–H and O–H groups in total. The highest BCUT2D eigenvalue weighted by Gasteiger charge is 2.18. The van der Waals surface area contributed by atoms with Gasteiger partial charge in [-0.05, 0) is 38.8 Å². The molecular weight excluding hydrogens is 212 g/mol. The molecule has 2 aliphatic rings. The summed E-state index contributed by atoms with van der Waals surface area (Å²) in [6.45, 7) is 2.24. The van der Waals surface area contributed by atoms with Crippen molar-refractivity contribution in [1.82, 2.24) is 15.1 Å². The highest BCUT2D eigenvalue weighted by molar-refractivity contribution is 5.39. The molecule has 0 aromatic carbocycles. The quantitative estimate of drug-likeness (QED) is 0.842. The van der Waals surface area contributed by atoms with Gasteiger partial charge in [0.05, 0.1) is 17.9 Å². The second-order valence-electron chi connectivity index (χ2n) is 5.32. The van der Waals surface area contributed by atoms with Crippen LogP contribution in [0, 0.1) is 0 Å². The molecule has 17 heavy (non-hydrogen) atoms. The van der Waals surface area contributed by atoms with Crippen molar-refractivity contribution in [3.63, 3.8) is 0 Å². The largest absolute Gasteiger partial charge is 0.380 e. The van der Waals surface area contributed by atoms with Crippen LogP contribution in [0.15, 0.2) is 12.4 Å². The number of piperidine rings is 1. The molecule has 1 aromatic rings. The zero-order chi connectivity index (χ0) is 11.5. The highest BCUT2D eigenvalue weighted by atomic mass is 15.3. The molecule has 1 aliphatic heterocycles. The summed E-state index contributed by atoms with van der Waals surface area (Å²) >= 11 is 0. The summed E-state index contributed by atoms with van der Waals surface area (Å²) in [7, 11) is 0. The molecule has 94 valence electrons. The van der Waals surface area contributed by atoms with Crippen molar-refractivity contribution in [3.8, 4) is 0 Å². The molecule has 1 aliphatic carbocycles. The lowest BCUT2D eigenvalue weighted by Gasteiger charge is -2.22. The summed E-state index contributed by atoms with van der Waals surface area (Å²) in [6, 6.07) is 1.27. The lowest BCUT2D eigenvalue weighted by atomic mass is 10.1. The SMILES string of the molecule is c1nn(C2CCNCC2)cc1NC1CCCC1. The predicted octanol–water partition coefficient (Wildman–Crippen LogP) is 2.16. The summed E-state index contributed by atoms with van der Waals surface area (Å²) in [5, 5.41) is 11.5. The van der Waals surface area contributed by atoms with Crippen LogP contribution in [0.25, 0.3) is 0 Å². The smallest absolute Gasteiger partial charge is 0.0728 e. The molecule has 3 rings (SSSR count). The summed E-state index contributed by atoms with van der Waals surface area (Å²) in [5.74, 6) is 0. The van der Waals surface area contributed by atoms with Gasteiger partial charge >= 0.3 is 0 Å². The van der Waals surface area contributed by atoms with Gasteiger partial charge in [-0.2, -0.15) is 5.10 Å². The monoisotopic (exact) mass is 234 g/mol. The van der Waals surface area contributed by atoms with E-state index in [0.29, 0.717) is 12.1 Å². The van der Waals surface area contributed by atoms with Crippen LogP contribution in [0.2, 0.25) is 0 Å². The minimum Gasteiger partial charge on any atom is -0.380 e. The Kier molecular flexibility index (Phi) is 3.31. The number of anilines is 1. The second-order valence-corrected chi connectivity index (χ2v) is 5.32. The number of rotatable bonds is 3. The fourth-order valence-electron chi connectivity index (χ4n) is 2.99. The van der Waals surface area contributed by atoms with Gasteiger partial charge < -0.3 is 10.6 Å². The normalized spacial score (nSPS) is 23.1.